The molecular weight excluding hydrogens is 342 g/mol. The fraction of sp³-hybridized carbons (Fsp3) is 0.476. The summed E-state index contributed by atoms with van der Waals surface area (Å²) in [5.41, 5.74) is 5.72. The maximum atomic E-state index is 11.2. The molecule has 6 heteroatoms. The Hall–Kier alpha value is -2.63. The van der Waals surface area contributed by atoms with E-state index in [0.29, 0.717) is 6.42 Å². The van der Waals surface area contributed by atoms with Gasteiger partial charge in [-0.25, -0.2) is 4.68 Å². The number of anilines is 1. The summed E-state index contributed by atoms with van der Waals surface area (Å²) in [5.74, 6) is -0.208. The number of carbonyl (C=O) groups excluding carboxylic acids is 2. The van der Waals surface area contributed by atoms with Crippen LogP contribution in [0.2, 0.25) is 0 Å². The van der Waals surface area contributed by atoms with Gasteiger partial charge in [0, 0.05) is 24.7 Å². The van der Waals surface area contributed by atoms with Crippen LogP contribution >= 0.6 is 0 Å². The molecule has 144 valence electrons. The fourth-order valence-corrected chi connectivity index (χ4v) is 3.66. The summed E-state index contributed by atoms with van der Waals surface area (Å²) >= 11 is 0. The Morgan fingerprint density at radius 3 is 2.63 bits per heavy atom. The van der Waals surface area contributed by atoms with Crippen LogP contribution in [-0.4, -0.2) is 28.8 Å². The highest BCUT2D eigenvalue weighted by molar-refractivity contribution is 5.88. The van der Waals surface area contributed by atoms with Crippen LogP contribution in [0.3, 0.4) is 0 Å². The third kappa shape index (κ3) is 4.76. The maximum Gasteiger partial charge on any atom is 0.305 e. The summed E-state index contributed by atoms with van der Waals surface area (Å²) in [6.45, 7) is 1.51. The van der Waals surface area contributed by atoms with E-state index < -0.39 is 0 Å². The quantitative estimate of drug-likeness (QED) is 0.570. The number of ether oxygens (including phenoxy) is 1. The first-order valence-corrected chi connectivity index (χ1v) is 9.63. The molecule has 1 aliphatic carbocycles. The fourth-order valence-electron chi connectivity index (χ4n) is 3.66. The van der Waals surface area contributed by atoms with Crippen molar-refractivity contribution in [3.05, 3.63) is 41.2 Å². The molecule has 0 atom stereocenters. The SMILES string of the molecule is COC(=O)CCCCCc1nn(-c2ccc(NC(C)=O)cc2)c2c1CCC2. The number of aryl methyl sites for hydroxylation is 1. The number of hydrogen-bond acceptors (Lipinski definition) is 4. The van der Waals surface area contributed by atoms with Crippen molar-refractivity contribution in [2.24, 2.45) is 0 Å². The molecule has 2 aromatic rings. The summed E-state index contributed by atoms with van der Waals surface area (Å²) in [5, 5.41) is 7.67. The Bertz CT molecular complexity index is 809. The molecule has 27 heavy (non-hydrogen) atoms. The Kier molecular flexibility index (Phi) is 6.27. The van der Waals surface area contributed by atoms with E-state index >= 15 is 0 Å². The number of nitrogens with zero attached hydrogens (tertiary/aromatic N) is 2. The van der Waals surface area contributed by atoms with Crippen molar-refractivity contribution in [2.45, 2.75) is 58.3 Å². The molecule has 1 N–H and O–H groups in total. The number of amides is 1. The van der Waals surface area contributed by atoms with Gasteiger partial charge >= 0.3 is 5.97 Å². The lowest BCUT2D eigenvalue weighted by Gasteiger charge is -2.07. The van der Waals surface area contributed by atoms with Crippen molar-refractivity contribution < 1.29 is 14.3 Å². The van der Waals surface area contributed by atoms with Crippen molar-refractivity contribution in [1.82, 2.24) is 9.78 Å². The first-order chi connectivity index (χ1) is 13.1. The number of esters is 1. The van der Waals surface area contributed by atoms with Crippen molar-refractivity contribution in [3.63, 3.8) is 0 Å². The zero-order valence-corrected chi connectivity index (χ0v) is 16.1. The maximum absolute atomic E-state index is 11.2. The highest BCUT2D eigenvalue weighted by Gasteiger charge is 2.22. The minimum Gasteiger partial charge on any atom is -0.469 e. The van der Waals surface area contributed by atoms with E-state index in [1.807, 2.05) is 24.3 Å². The second kappa shape index (κ2) is 8.84. The van der Waals surface area contributed by atoms with Crippen molar-refractivity contribution in [3.8, 4) is 5.69 Å². The van der Waals surface area contributed by atoms with Gasteiger partial charge < -0.3 is 10.1 Å². The smallest absolute Gasteiger partial charge is 0.305 e. The number of methoxy groups -OCH3 is 1. The molecular formula is C21H27N3O3. The predicted molar refractivity (Wildman–Crippen MR) is 104 cm³/mol. The van der Waals surface area contributed by atoms with Crippen molar-refractivity contribution in [1.29, 1.82) is 0 Å². The highest BCUT2D eigenvalue weighted by Crippen LogP contribution is 2.29. The second-order valence-corrected chi connectivity index (χ2v) is 7.00. The van der Waals surface area contributed by atoms with Crippen molar-refractivity contribution in [2.75, 3.05) is 12.4 Å². The molecule has 1 heterocycles. The van der Waals surface area contributed by atoms with Gasteiger partial charge in [0.1, 0.15) is 0 Å². The van der Waals surface area contributed by atoms with Crippen LogP contribution in [0.1, 0.15) is 56.0 Å². The molecule has 1 aliphatic rings. The van der Waals surface area contributed by atoms with Gasteiger partial charge in [-0.15, -0.1) is 0 Å². The van der Waals surface area contributed by atoms with Gasteiger partial charge in [-0.05, 0) is 68.4 Å². The van der Waals surface area contributed by atoms with E-state index in [1.165, 1.54) is 37.4 Å². The third-order valence-corrected chi connectivity index (χ3v) is 4.97. The monoisotopic (exact) mass is 369 g/mol. The lowest BCUT2D eigenvalue weighted by molar-refractivity contribution is -0.140. The Morgan fingerprint density at radius 2 is 1.93 bits per heavy atom. The third-order valence-electron chi connectivity index (χ3n) is 4.97. The zero-order valence-electron chi connectivity index (χ0n) is 16.1. The molecule has 0 radical (unpaired) electrons. The average molecular weight is 369 g/mol. The van der Waals surface area contributed by atoms with Gasteiger partial charge in [0.25, 0.3) is 0 Å². The second-order valence-electron chi connectivity index (χ2n) is 7.00. The Balaban J connectivity index is 1.66. The van der Waals surface area contributed by atoms with E-state index in [2.05, 4.69) is 14.7 Å². The van der Waals surface area contributed by atoms with Gasteiger partial charge in [-0.1, -0.05) is 6.42 Å². The summed E-state index contributed by atoms with van der Waals surface area (Å²) in [6.07, 6.45) is 7.65. The normalized spacial score (nSPS) is 12.7. The van der Waals surface area contributed by atoms with E-state index in [1.54, 1.807) is 0 Å². The van der Waals surface area contributed by atoms with Gasteiger partial charge in [0.05, 0.1) is 18.5 Å². The minimum absolute atomic E-state index is 0.0720. The first-order valence-electron chi connectivity index (χ1n) is 9.63. The topological polar surface area (TPSA) is 73.2 Å². The molecule has 1 aromatic heterocycles. The molecule has 0 fully saturated rings. The molecule has 3 rings (SSSR count). The Labute approximate surface area is 159 Å². The highest BCUT2D eigenvalue weighted by atomic mass is 16.5. The number of benzene rings is 1. The number of carbonyl (C=O) groups is 2. The molecule has 6 nitrogen and oxygen atoms in total. The van der Waals surface area contributed by atoms with E-state index in [0.717, 1.165) is 49.9 Å². The number of unbranched alkanes of at least 4 members (excludes halogenated alkanes) is 2. The summed E-state index contributed by atoms with van der Waals surface area (Å²) in [4.78, 5) is 22.4. The number of fused-ring (bicyclic) bond motifs is 1. The number of hydrogen-bond donors (Lipinski definition) is 1. The molecule has 1 aromatic carbocycles. The van der Waals surface area contributed by atoms with Crippen LogP contribution < -0.4 is 5.32 Å². The summed E-state index contributed by atoms with van der Waals surface area (Å²) < 4.78 is 6.74. The standard InChI is InChI=1S/C21H27N3O3/c1-15(25)22-16-11-13-17(14-12-16)24-20-9-6-7-18(20)19(23-24)8-4-3-5-10-21(26)27-2/h11-14H,3-10H2,1-2H3,(H,22,25). The molecule has 0 aliphatic heterocycles. The first kappa shape index (κ1) is 19.1. The van der Waals surface area contributed by atoms with Crippen molar-refractivity contribution >= 4 is 17.6 Å². The summed E-state index contributed by atoms with van der Waals surface area (Å²) in [6, 6.07) is 7.81. The molecule has 0 spiro atoms. The number of nitrogens with one attached hydrogen (secondary N) is 1. The van der Waals surface area contributed by atoms with Gasteiger partial charge in [-0.3, -0.25) is 9.59 Å². The molecule has 0 saturated carbocycles. The van der Waals surface area contributed by atoms with Crippen LogP contribution in [-0.2, 0) is 33.6 Å². The average Bonchev–Trinajstić information content (AvgIpc) is 3.25. The van der Waals surface area contributed by atoms with Gasteiger partial charge in [0.2, 0.25) is 5.91 Å². The minimum atomic E-state index is -0.136. The van der Waals surface area contributed by atoms with Crippen LogP contribution in [0.25, 0.3) is 5.69 Å². The number of aromatic nitrogens is 2. The largest absolute Gasteiger partial charge is 0.469 e. The predicted octanol–water partition coefficient (Wildman–Crippen LogP) is 3.60. The van der Waals surface area contributed by atoms with E-state index in [9.17, 15) is 9.59 Å². The molecule has 0 saturated heterocycles. The van der Waals surface area contributed by atoms with Crippen LogP contribution in [0.5, 0.6) is 0 Å². The summed E-state index contributed by atoms with van der Waals surface area (Å²) in [7, 11) is 1.43. The van der Waals surface area contributed by atoms with Gasteiger partial charge in [0.15, 0.2) is 0 Å². The molecule has 0 bridgehead atoms. The Morgan fingerprint density at radius 1 is 1.15 bits per heavy atom. The zero-order chi connectivity index (χ0) is 19.2. The van der Waals surface area contributed by atoms with E-state index in [-0.39, 0.29) is 11.9 Å². The van der Waals surface area contributed by atoms with Gasteiger partial charge in [-0.2, -0.15) is 5.10 Å². The van der Waals surface area contributed by atoms with Crippen LogP contribution in [0.4, 0.5) is 5.69 Å². The molecule has 0 unspecified atom stereocenters. The lowest BCUT2D eigenvalue weighted by Crippen LogP contribution is -2.06. The van der Waals surface area contributed by atoms with E-state index in [4.69, 9.17) is 5.10 Å². The molecule has 1 amide bonds. The van der Waals surface area contributed by atoms with Crippen LogP contribution in [0, 0.1) is 0 Å². The van der Waals surface area contributed by atoms with Crippen LogP contribution in [0.15, 0.2) is 24.3 Å². The number of rotatable bonds is 8. The lowest BCUT2D eigenvalue weighted by atomic mass is 10.1.